The highest BCUT2D eigenvalue weighted by atomic mass is 15.1. The number of aromatic nitrogens is 3. The van der Waals surface area contributed by atoms with E-state index >= 15 is 0 Å². The molecule has 0 atom stereocenters. The molecule has 0 unspecified atom stereocenters. The molecule has 0 bridgehead atoms. The summed E-state index contributed by atoms with van der Waals surface area (Å²) in [5, 5.41) is 7.38. The summed E-state index contributed by atoms with van der Waals surface area (Å²) in [5.74, 6) is 0. The van der Waals surface area contributed by atoms with Gasteiger partial charge in [0.05, 0.1) is 16.6 Å². The van der Waals surface area contributed by atoms with Crippen molar-refractivity contribution < 1.29 is 0 Å². The highest BCUT2D eigenvalue weighted by molar-refractivity contribution is 6.25. The smallest absolute Gasteiger partial charge is 0.145 e. The van der Waals surface area contributed by atoms with E-state index in [-0.39, 0.29) is 0 Å². The molecule has 0 aliphatic heterocycles. The Morgan fingerprint density at radius 2 is 1.25 bits per heavy atom. The molecule has 5 aromatic carbocycles. The Labute approximate surface area is 207 Å². The maximum atomic E-state index is 4.85. The van der Waals surface area contributed by atoms with Crippen LogP contribution in [0.5, 0.6) is 0 Å². The Balaban J connectivity index is 1.61. The van der Waals surface area contributed by atoms with Gasteiger partial charge in [0.15, 0.2) is 0 Å². The number of rotatable bonds is 2. The van der Waals surface area contributed by atoms with Crippen LogP contribution in [0, 0.1) is 0 Å². The molecule has 0 aliphatic carbocycles. The van der Waals surface area contributed by atoms with Gasteiger partial charge in [0.2, 0.25) is 0 Å². The van der Waals surface area contributed by atoms with Crippen molar-refractivity contribution in [3.8, 4) is 11.4 Å². The second-order valence-corrected chi connectivity index (χ2v) is 9.29. The van der Waals surface area contributed by atoms with E-state index in [1.54, 1.807) is 0 Å². The first-order valence-electron chi connectivity index (χ1n) is 12.2. The maximum Gasteiger partial charge on any atom is 0.145 e. The molecule has 0 radical (unpaired) electrons. The van der Waals surface area contributed by atoms with Gasteiger partial charge in [-0.15, -0.1) is 0 Å². The second kappa shape index (κ2) is 7.30. The van der Waals surface area contributed by atoms with Crippen LogP contribution in [0.25, 0.3) is 65.9 Å². The predicted octanol–water partition coefficient (Wildman–Crippen LogP) is 8.43. The van der Waals surface area contributed by atoms with Crippen molar-refractivity contribution >= 4 is 54.5 Å². The molecule has 3 heteroatoms. The Hall–Kier alpha value is -4.89. The summed E-state index contributed by atoms with van der Waals surface area (Å²) in [4.78, 5) is 4.85. The number of benzene rings is 5. The molecule has 36 heavy (non-hydrogen) atoms. The van der Waals surface area contributed by atoms with Gasteiger partial charge < -0.3 is 4.57 Å². The molecule has 3 heterocycles. The number of fused-ring (bicyclic) bond motifs is 8. The normalized spacial score (nSPS) is 11.9. The third-order valence-corrected chi connectivity index (χ3v) is 7.33. The van der Waals surface area contributed by atoms with E-state index in [2.05, 4.69) is 124 Å². The van der Waals surface area contributed by atoms with Crippen molar-refractivity contribution in [3.63, 3.8) is 0 Å². The molecule has 0 saturated carbocycles. The molecule has 0 aliphatic rings. The first kappa shape index (κ1) is 19.4. The first-order chi connectivity index (χ1) is 17.9. The minimum Gasteiger partial charge on any atom is -0.309 e. The molecule has 3 nitrogen and oxygen atoms in total. The van der Waals surface area contributed by atoms with E-state index in [0.717, 1.165) is 27.9 Å². The zero-order chi connectivity index (χ0) is 23.6. The van der Waals surface area contributed by atoms with Crippen molar-refractivity contribution in [2.75, 3.05) is 0 Å². The van der Waals surface area contributed by atoms with Crippen LogP contribution in [0.1, 0.15) is 0 Å². The average molecular weight is 460 g/mol. The van der Waals surface area contributed by atoms with Crippen molar-refractivity contribution in [2.24, 2.45) is 0 Å². The molecule has 0 saturated heterocycles. The summed E-state index contributed by atoms with van der Waals surface area (Å²) in [7, 11) is 0. The zero-order valence-corrected chi connectivity index (χ0v) is 19.5. The van der Waals surface area contributed by atoms with Gasteiger partial charge in [-0.2, -0.15) is 0 Å². The van der Waals surface area contributed by atoms with E-state index in [0.29, 0.717) is 0 Å². The highest BCUT2D eigenvalue weighted by Crippen LogP contribution is 2.41. The Morgan fingerprint density at radius 3 is 2.17 bits per heavy atom. The van der Waals surface area contributed by atoms with Gasteiger partial charge in [0.1, 0.15) is 5.65 Å². The van der Waals surface area contributed by atoms with Crippen LogP contribution in [-0.2, 0) is 0 Å². The van der Waals surface area contributed by atoms with Gasteiger partial charge in [0.25, 0.3) is 0 Å². The van der Waals surface area contributed by atoms with Gasteiger partial charge in [-0.05, 0) is 59.3 Å². The molecular formula is C33H21N3. The van der Waals surface area contributed by atoms with E-state index in [4.69, 9.17) is 4.98 Å². The number of para-hydroxylation sites is 2. The third kappa shape index (κ3) is 2.60. The lowest BCUT2D eigenvalue weighted by Gasteiger charge is -2.11. The summed E-state index contributed by atoms with van der Waals surface area (Å²) in [6, 6.07) is 43.3. The molecular weight excluding hydrogens is 438 g/mol. The van der Waals surface area contributed by atoms with Gasteiger partial charge in [-0.3, -0.25) is 4.57 Å². The fourth-order valence-corrected chi connectivity index (χ4v) is 5.81. The summed E-state index contributed by atoms with van der Waals surface area (Å²) in [6.07, 6.45) is 1.89. The van der Waals surface area contributed by atoms with Crippen LogP contribution in [0.2, 0.25) is 0 Å². The third-order valence-electron chi connectivity index (χ3n) is 7.33. The summed E-state index contributed by atoms with van der Waals surface area (Å²) >= 11 is 0. The lowest BCUT2D eigenvalue weighted by atomic mass is 10.1. The predicted molar refractivity (Wildman–Crippen MR) is 150 cm³/mol. The Kier molecular flexibility index (Phi) is 3.94. The van der Waals surface area contributed by atoms with Crippen LogP contribution in [0.3, 0.4) is 0 Å². The second-order valence-electron chi connectivity index (χ2n) is 9.29. The van der Waals surface area contributed by atoms with Crippen molar-refractivity contribution in [1.82, 2.24) is 14.1 Å². The Morgan fingerprint density at radius 1 is 0.472 bits per heavy atom. The highest BCUT2D eigenvalue weighted by Gasteiger charge is 2.21. The monoisotopic (exact) mass is 459 g/mol. The number of hydrogen-bond acceptors (Lipinski definition) is 1. The molecule has 0 fully saturated rings. The fourth-order valence-electron chi connectivity index (χ4n) is 5.81. The summed E-state index contributed by atoms with van der Waals surface area (Å²) in [6.45, 7) is 0. The lowest BCUT2D eigenvalue weighted by molar-refractivity contribution is 1.14. The molecule has 8 aromatic rings. The number of pyridine rings is 1. The standard InChI is InChI=1S/C33H21N3/c1-2-11-24(12-3-1)36-30-19-18-27-26-13-6-7-15-29(26)35(25-17-16-22-9-4-5-10-23(22)21-25)32(27)31(30)28-14-8-20-34-33(28)36/h1-21H. The SMILES string of the molecule is c1ccc(-n2c3ccc4c5ccccc5n(-c5ccc6ccccc6c5)c4c3c3cccnc32)cc1. The van der Waals surface area contributed by atoms with E-state index < -0.39 is 0 Å². The summed E-state index contributed by atoms with van der Waals surface area (Å²) in [5.41, 5.74) is 6.84. The lowest BCUT2D eigenvalue weighted by Crippen LogP contribution is -1.95. The van der Waals surface area contributed by atoms with Crippen LogP contribution < -0.4 is 0 Å². The van der Waals surface area contributed by atoms with Crippen LogP contribution in [0.4, 0.5) is 0 Å². The molecule has 168 valence electrons. The minimum absolute atomic E-state index is 0.974. The minimum atomic E-state index is 0.974. The number of nitrogens with zero attached hydrogens (tertiary/aromatic N) is 3. The number of hydrogen-bond donors (Lipinski definition) is 0. The van der Waals surface area contributed by atoms with Crippen molar-refractivity contribution in [3.05, 3.63) is 128 Å². The van der Waals surface area contributed by atoms with Gasteiger partial charge in [-0.1, -0.05) is 72.8 Å². The molecule has 0 amide bonds. The summed E-state index contributed by atoms with van der Waals surface area (Å²) < 4.78 is 4.72. The fraction of sp³-hybridized carbons (Fsp3) is 0. The van der Waals surface area contributed by atoms with E-state index in [1.807, 2.05) is 12.3 Å². The molecule has 8 rings (SSSR count). The molecule has 0 spiro atoms. The van der Waals surface area contributed by atoms with Gasteiger partial charge in [0, 0.05) is 39.1 Å². The van der Waals surface area contributed by atoms with E-state index in [1.165, 1.54) is 38.0 Å². The zero-order valence-electron chi connectivity index (χ0n) is 19.5. The van der Waals surface area contributed by atoms with Crippen LogP contribution in [0.15, 0.2) is 128 Å². The van der Waals surface area contributed by atoms with E-state index in [9.17, 15) is 0 Å². The Bertz CT molecular complexity index is 2100. The quantitative estimate of drug-likeness (QED) is 0.254. The average Bonchev–Trinajstić information content (AvgIpc) is 3.46. The largest absolute Gasteiger partial charge is 0.309 e. The van der Waals surface area contributed by atoms with Crippen LogP contribution >= 0.6 is 0 Å². The van der Waals surface area contributed by atoms with Gasteiger partial charge >= 0.3 is 0 Å². The maximum absolute atomic E-state index is 4.85. The molecule has 0 N–H and O–H groups in total. The topological polar surface area (TPSA) is 22.8 Å². The van der Waals surface area contributed by atoms with Crippen molar-refractivity contribution in [2.45, 2.75) is 0 Å². The first-order valence-corrected chi connectivity index (χ1v) is 12.2. The van der Waals surface area contributed by atoms with Crippen LogP contribution in [-0.4, -0.2) is 14.1 Å². The van der Waals surface area contributed by atoms with Crippen molar-refractivity contribution in [1.29, 1.82) is 0 Å². The molecule has 3 aromatic heterocycles. The van der Waals surface area contributed by atoms with Gasteiger partial charge in [-0.25, -0.2) is 4.98 Å².